The van der Waals surface area contributed by atoms with Crippen molar-refractivity contribution < 1.29 is 14.7 Å². The summed E-state index contributed by atoms with van der Waals surface area (Å²) in [5.74, 6) is -2.65. The smallest absolute Gasteiger partial charge is 0.307 e. The molecule has 2 unspecified atom stereocenters. The number of hydrogen-bond acceptors (Lipinski definition) is 2. The first kappa shape index (κ1) is 19.4. The fourth-order valence-electron chi connectivity index (χ4n) is 2.89. The van der Waals surface area contributed by atoms with Gasteiger partial charge in [0.1, 0.15) is 0 Å². The van der Waals surface area contributed by atoms with E-state index in [9.17, 15) is 14.7 Å². The molecule has 0 aliphatic carbocycles. The van der Waals surface area contributed by atoms with Crippen LogP contribution in [0.2, 0.25) is 0 Å². The number of nitrogens with one attached hydrogen (secondary N) is 1. The highest BCUT2D eigenvalue weighted by Crippen LogP contribution is 2.22. The monoisotopic (exact) mass is 451 g/mol. The van der Waals surface area contributed by atoms with Gasteiger partial charge in [-0.25, -0.2) is 0 Å². The number of carboxylic acid groups (broad SMARTS) is 1. The maximum Gasteiger partial charge on any atom is 0.307 e. The van der Waals surface area contributed by atoms with Gasteiger partial charge in [-0.3, -0.25) is 9.59 Å². The van der Waals surface area contributed by atoms with Crippen molar-refractivity contribution in [3.63, 3.8) is 0 Å². The molecule has 2 aromatic rings. The van der Waals surface area contributed by atoms with Crippen LogP contribution in [-0.2, 0) is 16.0 Å². The van der Waals surface area contributed by atoms with E-state index in [0.29, 0.717) is 12.1 Å². The molecule has 0 fully saturated rings. The molecule has 0 aliphatic heterocycles. The lowest BCUT2D eigenvalue weighted by Crippen LogP contribution is -2.33. The topological polar surface area (TPSA) is 66.4 Å². The third-order valence-electron chi connectivity index (χ3n) is 4.18. The first-order valence-electron chi connectivity index (χ1n) is 8.12. The summed E-state index contributed by atoms with van der Waals surface area (Å²) in [6, 6.07) is 13.4. The molecule has 5 heteroatoms. The Kier molecular flexibility index (Phi) is 6.58. The zero-order valence-electron chi connectivity index (χ0n) is 14.5. The summed E-state index contributed by atoms with van der Waals surface area (Å²) in [4.78, 5) is 24.2. The second-order valence-corrected chi connectivity index (χ2v) is 7.68. The third kappa shape index (κ3) is 5.56. The normalized spacial score (nSPS) is 13.1. The van der Waals surface area contributed by atoms with E-state index in [2.05, 4.69) is 27.9 Å². The second kappa shape index (κ2) is 8.47. The standard InChI is InChI=1S/C20H22INO3/c1-12-8-13(2)10-15(9-12)11-18(20(24)25)14(3)19(23)22-17-6-4-16(21)5-7-17/h4-10,14,18H,11H2,1-3H3,(H,22,23)(H,24,25). The Bertz CT molecular complexity index is 751. The van der Waals surface area contributed by atoms with Gasteiger partial charge in [-0.2, -0.15) is 0 Å². The van der Waals surface area contributed by atoms with Crippen molar-refractivity contribution in [2.24, 2.45) is 11.8 Å². The molecule has 2 rings (SSSR count). The van der Waals surface area contributed by atoms with Crippen LogP contribution in [0.1, 0.15) is 23.6 Å². The van der Waals surface area contributed by atoms with Gasteiger partial charge in [-0.15, -0.1) is 0 Å². The van der Waals surface area contributed by atoms with Crippen LogP contribution in [0, 0.1) is 29.3 Å². The molecular formula is C20H22INO3. The molecule has 0 aromatic heterocycles. The van der Waals surface area contributed by atoms with Gasteiger partial charge in [0.2, 0.25) is 5.91 Å². The Balaban J connectivity index is 2.13. The van der Waals surface area contributed by atoms with Crippen molar-refractivity contribution in [2.45, 2.75) is 27.2 Å². The molecule has 25 heavy (non-hydrogen) atoms. The summed E-state index contributed by atoms with van der Waals surface area (Å²) in [5, 5.41) is 12.4. The number of carbonyl (C=O) groups excluding carboxylic acids is 1. The van der Waals surface area contributed by atoms with Gasteiger partial charge in [-0.05, 0) is 72.7 Å². The number of amides is 1. The molecule has 0 bridgehead atoms. The average Bonchev–Trinajstić information content (AvgIpc) is 2.53. The number of carboxylic acids is 1. The van der Waals surface area contributed by atoms with E-state index in [0.717, 1.165) is 20.3 Å². The highest BCUT2D eigenvalue weighted by atomic mass is 127. The largest absolute Gasteiger partial charge is 0.481 e. The van der Waals surface area contributed by atoms with Gasteiger partial charge in [0, 0.05) is 15.2 Å². The maximum atomic E-state index is 12.5. The van der Waals surface area contributed by atoms with E-state index in [1.807, 2.05) is 56.3 Å². The lowest BCUT2D eigenvalue weighted by atomic mass is 9.86. The second-order valence-electron chi connectivity index (χ2n) is 6.43. The zero-order chi connectivity index (χ0) is 18.6. The zero-order valence-corrected chi connectivity index (χ0v) is 16.7. The van der Waals surface area contributed by atoms with Gasteiger partial charge in [-0.1, -0.05) is 36.2 Å². The lowest BCUT2D eigenvalue weighted by Gasteiger charge is -2.20. The average molecular weight is 451 g/mol. The highest BCUT2D eigenvalue weighted by Gasteiger charge is 2.30. The van der Waals surface area contributed by atoms with Crippen molar-refractivity contribution in [1.82, 2.24) is 0 Å². The number of rotatable bonds is 6. The minimum Gasteiger partial charge on any atom is -0.481 e. The Labute approximate surface area is 161 Å². The Hall–Kier alpha value is -1.89. The number of halogens is 1. The molecule has 0 radical (unpaired) electrons. The Morgan fingerprint density at radius 3 is 2.16 bits per heavy atom. The van der Waals surface area contributed by atoms with E-state index >= 15 is 0 Å². The van der Waals surface area contributed by atoms with Gasteiger partial charge < -0.3 is 10.4 Å². The van der Waals surface area contributed by atoms with Crippen LogP contribution in [0.5, 0.6) is 0 Å². The number of anilines is 1. The van der Waals surface area contributed by atoms with Crippen LogP contribution < -0.4 is 5.32 Å². The van der Waals surface area contributed by atoms with Crippen LogP contribution in [0.15, 0.2) is 42.5 Å². The van der Waals surface area contributed by atoms with Gasteiger partial charge in [0.05, 0.1) is 5.92 Å². The lowest BCUT2D eigenvalue weighted by molar-refractivity contribution is -0.145. The summed E-state index contributed by atoms with van der Waals surface area (Å²) >= 11 is 2.19. The fourth-order valence-corrected chi connectivity index (χ4v) is 3.25. The predicted octanol–water partition coefficient (Wildman–Crippen LogP) is 4.43. The Morgan fingerprint density at radius 1 is 1.08 bits per heavy atom. The number of benzene rings is 2. The molecule has 0 saturated carbocycles. The quantitative estimate of drug-likeness (QED) is 0.639. The molecule has 0 spiro atoms. The minimum absolute atomic E-state index is 0.280. The molecular weight excluding hydrogens is 429 g/mol. The fraction of sp³-hybridized carbons (Fsp3) is 0.300. The Morgan fingerprint density at radius 2 is 1.64 bits per heavy atom. The van der Waals surface area contributed by atoms with Crippen molar-refractivity contribution in [2.75, 3.05) is 5.32 Å². The van der Waals surface area contributed by atoms with Crippen LogP contribution in [-0.4, -0.2) is 17.0 Å². The van der Waals surface area contributed by atoms with E-state index in [1.165, 1.54) is 0 Å². The maximum absolute atomic E-state index is 12.5. The van der Waals surface area contributed by atoms with Gasteiger partial charge >= 0.3 is 5.97 Å². The molecule has 132 valence electrons. The first-order chi connectivity index (χ1) is 11.8. The molecule has 0 saturated heterocycles. The van der Waals surface area contributed by atoms with Crippen LogP contribution in [0.25, 0.3) is 0 Å². The van der Waals surface area contributed by atoms with Crippen LogP contribution in [0.4, 0.5) is 5.69 Å². The van der Waals surface area contributed by atoms with Crippen LogP contribution in [0.3, 0.4) is 0 Å². The summed E-state index contributed by atoms with van der Waals surface area (Å²) in [7, 11) is 0. The van der Waals surface area contributed by atoms with Crippen LogP contribution >= 0.6 is 22.6 Å². The molecule has 4 nitrogen and oxygen atoms in total. The number of carbonyl (C=O) groups is 2. The molecule has 0 aliphatic rings. The van der Waals surface area contributed by atoms with Crippen molar-refractivity contribution in [3.8, 4) is 0 Å². The first-order valence-corrected chi connectivity index (χ1v) is 9.20. The number of aliphatic carboxylic acids is 1. The van der Waals surface area contributed by atoms with Crippen molar-refractivity contribution in [3.05, 3.63) is 62.7 Å². The number of hydrogen-bond donors (Lipinski definition) is 2. The SMILES string of the molecule is Cc1cc(C)cc(CC(C(=O)O)C(C)C(=O)Nc2ccc(I)cc2)c1. The summed E-state index contributed by atoms with van der Waals surface area (Å²) in [6.07, 6.45) is 0.332. The minimum atomic E-state index is -0.954. The molecule has 1 amide bonds. The van der Waals surface area contributed by atoms with E-state index in [-0.39, 0.29) is 5.91 Å². The van der Waals surface area contributed by atoms with Crippen molar-refractivity contribution >= 4 is 40.2 Å². The molecule has 2 aromatic carbocycles. The molecule has 2 N–H and O–H groups in total. The van der Waals surface area contributed by atoms with Crippen molar-refractivity contribution in [1.29, 1.82) is 0 Å². The summed E-state index contributed by atoms with van der Waals surface area (Å²) in [6.45, 7) is 5.64. The summed E-state index contributed by atoms with van der Waals surface area (Å²) in [5.41, 5.74) is 3.80. The molecule has 0 heterocycles. The van der Waals surface area contributed by atoms with E-state index < -0.39 is 17.8 Å². The highest BCUT2D eigenvalue weighted by molar-refractivity contribution is 14.1. The summed E-state index contributed by atoms with van der Waals surface area (Å²) < 4.78 is 1.07. The van der Waals surface area contributed by atoms with E-state index in [4.69, 9.17) is 0 Å². The number of aryl methyl sites for hydroxylation is 2. The molecule has 2 atom stereocenters. The van der Waals surface area contributed by atoms with Gasteiger partial charge in [0.25, 0.3) is 0 Å². The third-order valence-corrected chi connectivity index (χ3v) is 4.90. The van der Waals surface area contributed by atoms with Gasteiger partial charge in [0.15, 0.2) is 0 Å². The van der Waals surface area contributed by atoms with E-state index in [1.54, 1.807) is 6.92 Å². The predicted molar refractivity (Wildman–Crippen MR) is 108 cm³/mol.